The smallest absolute Gasteiger partial charge is 0.408 e. The molecule has 12 heteroatoms. The predicted molar refractivity (Wildman–Crippen MR) is 93.8 cm³/mol. The van der Waals surface area contributed by atoms with Crippen molar-refractivity contribution in [1.29, 1.82) is 0 Å². The van der Waals surface area contributed by atoms with Crippen molar-refractivity contribution >= 4 is 23.5 Å². The van der Waals surface area contributed by atoms with Crippen molar-refractivity contribution in [3.8, 4) is 0 Å². The number of Topliss-reactive ketones (excluding diaryl/α,β-unsaturated/α-hetero) is 1. The maximum atomic E-state index is 12.7. The number of halogens is 3. The van der Waals surface area contributed by atoms with E-state index in [-0.39, 0.29) is 12.2 Å². The van der Waals surface area contributed by atoms with E-state index in [4.69, 9.17) is 4.74 Å². The van der Waals surface area contributed by atoms with Crippen LogP contribution >= 0.6 is 0 Å². The summed E-state index contributed by atoms with van der Waals surface area (Å²) in [4.78, 5) is 45.7. The van der Waals surface area contributed by atoms with Gasteiger partial charge in [-0.05, 0) is 26.3 Å². The van der Waals surface area contributed by atoms with E-state index in [0.29, 0.717) is 5.56 Å². The lowest BCUT2D eigenvalue weighted by atomic mass is 10.1. The van der Waals surface area contributed by atoms with Crippen molar-refractivity contribution in [3.63, 3.8) is 0 Å². The van der Waals surface area contributed by atoms with Gasteiger partial charge in [0.15, 0.2) is 0 Å². The average Bonchev–Trinajstić information content (AvgIpc) is 2.55. The van der Waals surface area contributed by atoms with Gasteiger partial charge in [0.25, 0.3) is 11.6 Å². The van der Waals surface area contributed by atoms with Crippen LogP contribution in [0, 0.1) is 10.1 Å². The van der Waals surface area contributed by atoms with E-state index >= 15 is 0 Å². The lowest BCUT2D eigenvalue weighted by Crippen LogP contribution is -2.50. The first-order valence-electron chi connectivity index (χ1n) is 8.29. The van der Waals surface area contributed by atoms with E-state index < -0.39 is 46.9 Å². The molecule has 2 amide bonds. The molecule has 1 rings (SSSR count). The molecule has 0 aliphatic rings. The number of nitrogens with one attached hydrogen (secondary N) is 2. The highest BCUT2D eigenvalue weighted by Gasteiger charge is 2.39. The fraction of sp³-hybridized carbons (Fsp3) is 0.471. The first-order chi connectivity index (χ1) is 13.2. The second-order valence-corrected chi connectivity index (χ2v) is 6.99. The highest BCUT2D eigenvalue weighted by molar-refractivity contribution is 6.38. The zero-order valence-electron chi connectivity index (χ0n) is 15.8. The van der Waals surface area contributed by atoms with Crippen molar-refractivity contribution in [2.24, 2.45) is 0 Å². The van der Waals surface area contributed by atoms with Gasteiger partial charge in [-0.15, -0.1) is 0 Å². The molecule has 0 bridgehead atoms. The minimum atomic E-state index is -4.83. The Balaban J connectivity index is 2.79. The highest BCUT2D eigenvalue weighted by atomic mass is 19.4. The number of rotatable bonds is 7. The molecule has 0 radical (unpaired) electrons. The molecule has 1 unspecified atom stereocenters. The number of hydrogen-bond acceptors (Lipinski definition) is 6. The maximum absolute atomic E-state index is 12.7. The number of amides is 2. The molecule has 0 saturated heterocycles. The SMILES string of the molecule is CC(C)(C)OC(=O)NC(CC(F)(F)F)C(=O)C(=O)NCc1ccc([N+](=O)[O-])cc1. The number of alkyl halides is 3. The van der Waals surface area contributed by atoms with Crippen molar-refractivity contribution in [1.82, 2.24) is 10.6 Å². The van der Waals surface area contributed by atoms with E-state index in [0.717, 1.165) is 0 Å². The van der Waals surface area contributed by atoms with Crippen LogP contribution in [0.3, 0.4) is 0 Å². The Bertz CT molecular complexity index is 772. The maximum Gasteiger partial charge on any atom is 0.408 e. The summed E-state index contributed by atoms with van der Waals surface area (Å²) in [6.07, 6.45) is -7.85. The molecule has 160 valence electrons. The Labute approximate surface area is 163 Å². The molecule has 0 heterocycles. The number of carbonyl (C=O) groups is 3. The summed E-state index contributed by atoms with van der Waals surface area (Å²) in [6, 6.07) is 2.80. The monoisotopic (exact) mass is 419 g/mol. The van der Waals surface area contributed by atoms with Gasteiger partial charge in [0.1, 0.15) is 11.6 Å². The summed E-state index contributed by atoms with van der Waals surface area (Å²) in [5.74, 6) is -2.86. The molecule has 2 N–H and O–H groups in total. The summed E-state index contributed by atoms with van der Waals surface area (Å²) >= 11 is 0. The van der Waals surface area contributed by atoms with E-state index in [1.807, 2.05) is 0 Å². The number of hydrogen-bond donors (Lipinski definition) is 2. The van der Waals surface area contributed by atoms with Gasteiger partial charge in [-0.2, -0.15) is 13.2 Å². The van der Waals surface area contributed by atoms with E-state index in [1.54, 1.807) is 5.32 Å². The van der Waals surface area contributed by atoms with Gasteiger partial charge in [-0.1, -0.05) is 12.1 Å². The molecule has 1 atom stereocenters. The molecule has 0 spiro atoms. The first-order valence-corrected chi connectivity index (χ1v) is 8.29. The quantitative estimate of drug-likeness (QED) is 0.397. The number of ether oxygens (including phenoxy) is 1. The van der Waals surface area contributed by atoms with Crippen molar-refractivity contribution < 1.29 is 37.2 Å². The number of nitrogens with zero attached hydrogens (tertiary/aromatic N) is 1. The third kappa shape index (κ3) is 9.04. The van der Waals surface area contributed by atoms with Gasteiger partial charge in [0.2, 0.25) is 5.78 Å². The Morgan fingerprint density at radius 3 is 2.14 bits per heavy atom. The van der Waals surface area contributed by atoms with Crippen LogP contribution in [-0.4, -0.2) is 40.5 Å². The lowest BCUT2D eigenvalue weighted by molar-refractivity contribution is -0.384. The minimum Gasteiger partial charge on any atom is -0.444 e. The molecular weight excluding hydrogens is 399 g/mol. The van der Waals surface area contributed by atoms with Gasteiger partial charge in [-0.3, -0.25) is 19.7 Å². The standard InChI is InChI=1S/C17H20F3N3O6/c1-16(2,3)29-15(26)22-12(8-17(18,19)20)13(24)14(25)21-9-10-4-6-11(7-5-10)23(27)28/h4-7,12H,8-9H2,1-3H3,(H,21,25)(H,22,26). The van der Waals surface area contributed by atoms with Gasteiger partial charge in [0, 0.05) is 18.7 Å². The van der Waals surface area contributed by atoms with Crippen LogP contribution in [0.2, 0.25) is 0 Å². The van der Waals surface area contributed by atoms with Crippen LogP contribution in [0.5, 0.6) is 0 Å². The number of alkyl carbamates (subject to hydrolysis) is 1. The topological polar surface area (TPSA) is 128 Å². The number of carbonyl (C=O) groups excluding carboxylic acids is 3. The summed E-state index contributed by atoms with van der Waals surface area (Å²) in [5.41, 5.74) is -0.833. The minimum absolute atomic E-state index is 0.192. The zero-order valence-corrected chi connectivity index (χ0v) is 15.8. The average molecular weight is 419 g/mol. The van der Waals surface area contributed by atoms with Gasteiger partial charge in [-0.25, -0.2) is 4.79 Å². The van der Waals surface area contributed by atoms with Crippen LogP contribution in [0.25, 0.3) is 0 Å². The molecule has 0 aromatic heterocycles. The number of nitro groups is 1. The van der Waals surface area contributed by atoms with E-state index in [2.05, 4.69) is 5.32 Å². The van der Waals surface area contributed by atoms with Gasteiger partial charge < -0.3 is 15.4 Å². The molecule has 0 fully saturated rings. The summed E-state index contributed by atoms with van der Waals surface area (Å²) < 4.78 is 43.0. The van der Waals surface area contributed by atoms with Crippen LogP contribution < -0.4 is 10.6 Å². The fourth-order valence-electron chi connectivity index (χ4n) is 2.05. The fourth-order valence-corrected chi connectivity index (χ4v) is 2.05. The predicted octanol–water partition coefficient (Wildman–Crippen LogP) is 2.63. The van der Waals surface area contributed by atoms with Crippen LogP contribution in [0.1, 0.15) is 32.8 Å². The summed E-state index contributed by atoms with van der Waals surface area (Å²) in [7, 11) is 0. The third-order valence-corrected chi connectivity index (χ3v) is 3.27. The number of nitro benzene ring substituents is 1. The van der Waals surface area contributed by atoms with Crippen molar-refractivity contribution in [2.75, 3.05) is 0 Å². The van der Waals surface area contributed by atoms with Crippen molar-refractivity contribution in [2.45, 2.75) is 51.6 Å². The molecule has 0 aliphatic carbocycles. The summed E-state index contributed by atoms with van der Waals surface area (Å²) in [5, 5.41) is 14.5. The first kappa shape index (κ1) is 23.9. The van der Waals surface area contributed by atoms with Crippen LogP contribution in [-0.2, 0) is 20.9 Å². The van der Waals surface area contributed by atoms with Crippen molar-refractivity contribution in [3.05, 3.63) is 39.9 Å². The third-order valence-electron chi connectivity index (χ3n) is 3.27. The van der Waals surface area contributed by atoms with Gasteiger partial charge in [0.05, 0.1) is 11.3 Å². The molecular formula is C17H20F3N3O6. The van der Waals surface area contributed by atoms with E-state index in [1.165, 1.54) is 45.0 Å². The molecule has 1 aromatic rings. The number of non-ortho nitro benzene ring substituents is 1. The van der Waals surface area contributed by atoms with E-state index in [9.17, 15) is 37.7 Å². The summed E-state index contributed by atoms with van der Waals surface area (Å²) in [6.45, 7) is 4.17. The molecule has 1 aromatic carbocycles. The molecule has 0 aliphatic heterocycles. The normalized spacial score (nSPS) is 12.6. The van der Waals surface area contributed by atoms with Gasteiger partial charge >= 0.3 is 12.3 Å². The largest absolute Gasteiger partial charge is 0.444 e. The Kier molecular flexibility index (Phi) is 7.69. The Hall–Kier alpha value is -3.18. The molecule has 9 nitrogen and oxygen atoms in total. The lowest BCUT2D eigenvalue weighted by Gasteiger charge is -2.23. The second-order valence-electron chi connectivity index (χ2n) is 6.99. The Morgan fingerprint density at radius 1 is 1.14 bits per heavy atom. The number of ketones is 1. The van der Waals surface area contributed by atoms with Crippen LogP contribution in [0.4, 0.5) is 23.7 Å². The van der Waals surface area contributed by atoms with Crippen LogP contribution in [0.15, 0.2) is 24.3 Å². The zero-order chi connectivity index (χ0) is 22.4. The molecule has 0 saturated carbocycles. The highest BCUT2D eigenvalue weighted by Crippen LogP contribution is 2.22. The second kappa shape index (κ2) is 9.34. The number of benzene rings is 1. The molecule has 29 heavy (non-hydrogen) atoms. The Morgan fingerprint density at radius 2 is 1.69 bits per heavy atom.